The first-order valence-corrected chi connectivity index (χ1v) is 12.0. The highest BCUT2D eigenvalue weighted by molar-refractivity contribution is 6.11. The average Bonchev–Trinajstić information content (AvgIpc) is 3.40. The summed E-state index contributed by atoms with van der Waals surface area (Å²) in [5.41, 5.74) is 2.25. The van der Waals surface area contributed by atoms with Gasteiger partial charge in [0.2, 0.25) is 0 Å². The summed E-state index contributed by atoms with van der Waals surface area (Å²) in [5, 5.41) is 13.6. The minimum Gasteiger partial charge on any atom is -0.491 e. The minimum absolute atomic E-state index is 0.00962. The first-order valence-electron chi connectivity index (χ1n) is 12.0. The molecule has 1 fully saturated rings. The summed E-state index contributed by atoms with van der Waals surface area (Å²) in [6.45, 7) is 9.40. The Morgan fingerprint density at radius 1 is 1.17 bits per heavy atom. The molecule has 35 heavy (non-hydrogen) atoms. The second kappa shape index (κ2) is 10.7. The number of amides is 3. The Balaban J connectivity index is 1.49. The topological polar surface area (TPSA) is 113 Å². The molecule has 3 N–H and O–H groups in total. The van der Waals surface area contributed by atoms with E-state index in [1.807, 2.05) is 33.9 Å². The number of carbonyl (C=O) groups excluding carboxylic acids is 2. The van der Waals surface area contributed by atoms with Crippen molar-refractivity contribution in [3.8, 4) is 5.75 Å². The number of hydrogen-bond acceptors (Lipinski definition) is 7. The number of benzene rings is 1. The Labute approximate surface area is 205 Å². The number of rotatable bonds is 8. The van der Waals surface area contributed by atoms with E-state index in [1.165, 1.54) is 12.8 Å². The highest BCUT2D eigenvalue weighted by Crippen LogP contribution is 2.23. The lowest BCUT2D eigenvalue weighted by molar-refractivity contribution is 0.0967. The van der Waals surface area contributed by atoms with Gasteiger partial charge >= 0.3 is 6.03 Å². The van der Waals surface area contributed by atoms with Crippen LogP contribution in [0.2, 0.25) is 0 Å². The van der Waals surface area contributed by atoms with Gasteiger partial charge in [0.15, 0.2) is 5.65 Å². The molecule has 0 aliphatic carbocycles. The number of aryl methyl sites for hydroxylation is 2. The Morgan fingerprint density at radius 2 is 1.94 bits per heavy atom. The number of nitrogens with zero attached hydrogens (tertiary/aromatic N) is 4. The number of carbonyl (C=O) groups is 2. The van der Waals surface area contributed by atoms with E-state index in [-0.39, 0.29) is 6.10 Å². The van der Waals surface area contributed by atoms with Gasteiger partial charge in [0.05, 0.1) is 17.4 Å². The van der Waals surface area contributed by atoms with Crippen molar-refractivity contribution in [1.29, 1.82) is 0 Å². The summed E-state index contributed by atoms with van der Waals surface area (Å²) in [7, 11) is 1.82. The largest absolute Gasteiger partial charge is 0.491 e. The molecule has 3 amide bonds. The second-order valence-corrected chi connectivity index (χ2v) is 9.04. The molecule has 186 valence electrons. The highest BCUT2D eigenvalue weighted by atomic mass is 16.5. The molecule has 4 rings (SSSR count). The van der Waals surface area contributed by atoms with E-state index < -0.39 is 11.9 Å². The molecule has 0 radical (unpaired) electrons. The normalized spacial score (nSPS) is 13.9. The molecule has 1 aromatic carbocycles. The smallest absolute Gasteiger partial charge is 0.326 e. The van der Waals surface area contributed by atoms with Crippen LogP contribution in [0, 0.1) is 6.92 Å². The Bertz CT molecular complexity index is 1220. The maximum atomic E-state index is 13.1. The minimum atomic E-state index is -0.636. The van der Waals surface area contributed by atoms with Crippen molar-refractivity contribution in [3.05, 3.63) is 41.6 Å². The number of imide groups is 1. The number of likely N-dealkylation sites (tertiary alicyclic amines) is 1. The average molecular weight is 480 g/mol. The molecule has 0 spiro atoms. The van der Waals surface area contributed by atoms with Crippen LogP contribution in [-0.4, -0.2) is 63.9 Å². The molecule has 1 aliphatic rings. The number of nitrogens with one attached hydrogen (secondary N) is 3. The van der Waals surface area contributed by atoms with Crippen molar-refractivity contribution < 1.29 is 14.3 Å². The van der Waals surface area contributed by atoms with Crippen LogP contribution in [0.3, 0.4) is 0 Å². The SMILES string of the molecule is Cc1nn(C)c2nc(NCCN3CCCC3)c(C(=O)NC(=O)Nc3cccc(OC(C)C)c3)cc12. The van der Waals surface area contributed by atoms with Crippen LogP contribution in [-0.2, 0) is 7.05 Å². The van der Waals surface area contributed by atoms with Crippen molar-refractivity contribution >= 4 is 34.5 Å². The molecule has 1 saturated heterocycles. The summed E-state index contributed by atoms with van der Waals surface area (Å²) in [6, 6.07) is 8.13. The summed E-state index contributed by atoms with van der Waals surface area (Å²) in [6.07, 6.45) is 2.44. The van der Waals surface area contributed by atoms with E-state index in [2.05, 4.69) is 30.9 Å². The number of hydrogen-bond donors (Lipinski definition) is 3. The zero-order chi connectivity index (χ0) is 24.9. The molecule has 3 heterocycles. The molecule has 2 aromatic heterocycles. The Hall–Kier alpha value is -3.66. The third-order valence-electron chi connectivity index (χ3n) is 5.85. The fraction of sp³-hybridized carbons (Fsp3) is 0.440. The summed E-state index contributed by atoms with van der Waals surface area (Å²) >= 11 is 0. The van der Waals surface area contributed by atoms with Crippen LogP contribution >= 0.6 is 0 Å². The summed E-state index contributed by atoms with van der Waals surface area (Å²) < 4.78 is 7.36. The quantitative estimate of drug-likeness (QED) is 0.453. The van der Waals surface area contributed by atoms with E-state index in [9.17, 15) is 9.59 Å². The molecule has 10 heteroatoms. The second-order valence-electron chi connectivity index (χ2n) is 9.04. The standard InChI is InChI=1S/C25H33N7O3/c1-16(2)35-19-9-7-8-18(14-19)27-25(34)29-24(33)21-15-20-17(3)30-31(4)23(20)28-22(21)26-10-13-32-11-5-6-12-32/h7-9,14-16H,5-6,10-13H2,1-4H3,(H,26,28)(H2,27,29,33,34). The third-order valence-corrected chi connectivity index (χ3v) is 5.85. The third kappa shape index (κ3) is 6.07. The van der Waals surface area contributed by atoms with Gasteiger partial charge < -0.3 is 20.3 Å². The number of anilines is 2. The predicted octanol–water partition coefficient (Wildman–Crippen LogP) is 3.53. The van der Waals surface area contributed by atoms with Crippen molar-refractivity contribution in [2.24, 2.45) is 7.05 Å². The molecular formula is C25H33N7O3. The lowest BCUT2D eigenvalue weighted by Crippen LogP contribution is -2.35. The molecule has 0 saturated carbocycles. The van der Waals surface area contributed by atoms with Crippen molar-refractivity contribution in [2.75, 3.05) is 36.8 Å². The van der Waals surface area contributed by atoms with Gasteiger partial charge in [-0.3, -0.25) is 14.8 Å². The van der Waals surface area contributed by atoms with Crippen molar-refractivity contribution in [3.63, 3.8) is 0 Å². The van der Waals surface area contributed by atoms with Crippen molar-refractivity contribution in [2.45, 2.75) is 39.7 Å². The number of pyridine rings is 1. The monoisotopic (exact) mass is 479 g/mol. The van der Waals surface area contributed by atoms with Gasteiger partial charge in [-0.2, -0.15) is 5.10 Å². The zero-order valence-corrected chi connectivity index (χ0v) is 20.7. The number of urea groups is 1. The Kier molecular flexibility index (Phi) is 7.50. The van der Waals surface area contributed by atoms with Gasteiger partial charge in [-0.05, 0) is 64.9 Å². The molecule has 0 atom stereocenters. The fourth-order valence-electron chi connectivity index (χ4n) is 4.24. The lowest BCUT2D eigenvalue weighted by atomic mass is 10.1. The number of aromatic nitrogens is 3. The zero-order valence-electron chi connectivity index (χ0n) is 20.7. The lowest BCUT2D eigenvalue weighted by Gasteiger charge is -2.16. The highest BCUT2D eigenvalue weighted by Gasteiger charge is 2.20. The molecule has 10 nitrogen and oxygen atoms in total. The maximum Gasteiger partial charge on any atom is 0.326 e. The first kappa shape index (κ1) is 24.5. The van der Waals surface area contributed by atoms with E-state index in [4.69, 9.17) is 4.74 Å². The maximum absolute atomic E-state index is 13.1. The number of ether oxygens (including phenoxy) is 1. The molecular weight excluding hydrogens is 446 g/mol. The molecule has 0 bridgehead atoms. The van der Waals surface area contributed by atoms with E-state index in [1.54, 1.807) is 28.9 Å². The van der Waals surface area contributed by atoms with Gasteiger partial charge in [-0.25, -0.2) is 9.78 Å². The van der Waals surface area contributed by atoms with E-state index in [0.717, 1.165) is 30.7 Å². The number of fused-ring (bicyclic) bond motifs is 1. The fourth-order valence-corrected chi connectivity index (χ4v) is 4.24. The van der Waals surface area contributed by atoms with Crippen LogP contribution in [0.5, 0.6) is 5.75 Å². The van der Waals surface area contributed by atoms with Gasteiger partial charge in [-0.15, -0.1) is 0 Å². The van der Waals surface area contributed by atoms with Crippen LogP contribution in [0.1, 0.15) is 42.7 Å². The van der Waals surface area contributed by atoms with Gasteiger partial charge in [0.25, 0.3) is 5.91 Å². The molecule has 3 aromatic rings. The van der Waals surface area contributed by atoms with E-state index >= 15 is 0 Å². The predicted molar refractivity (Wildman–Crippen MR) is 136 cm³/mol. The van der Waals surface area contributed by atoms with Crippen LogP contribution < -0.4 is 20.7 Å². The van der Waals surface area contributed by atoms with Gasteiger partial charge in [0, 0.05) is 37.3 Å². The Morgan fingerprint density at radius 3 is 2.69 bits per heavy atom. The first-order chi connectivity index (χ1) is 16.8. The van der Waals surface area contributed by atoms with Gasteiger partial charge in [-0.1, -0.05) is 6.07 Å². The molecule has 0 unspecified atom stereocenters. The summed E-state index contributed by atoms with van der Waals surface area (Å²) in [5.74, 6) is 0.519. The van der Waals surface area contributed by atoms with Crippen LogP contribution in [0.4, 0.5) is 16.3 Å². The van der Waals surface area contributed by atoms with Gasteiger partial charge in [0.1, 0.15) is 11.6 Å². The summed E-state index contributed by atoms with van der Waals surface area (Å²) in [4.78, 5) is 32.8. The van der Waals surface area contributed by atoms with Crippen LogP contribution in [0.15, 0.2) is 30.3 Å². The van der Waals surface area contributed by atoms with E-state index in [0.29, 0.717) is 35.0 Å². The molecule has 1 aliphatic heterocycles. The van der Waals surface area contributed by atoms with Crippen LogP contribution in [0.25, 0.3) is 11.0 Å². The van der Waals surface area contributed by atoms with Crippen molar-refractivity contribution in [1.82, 2.24) is 25.0 Å².